The first-order valence-corrected chi connectivity index (χ1v) is 10.3. The molecule has 0 atom stereocenters. The third-order valence-electron chi connectivity index (χ3n) is 5.10. The zero-order chi connectivity index (χ0) is 21.3. The molecule has 9 heteroatoms. The van der Waals surface area contributed by atoms with Crippen LogP contribution in [0.25, 0.3) is 0 Å². The molecule has 1 fully saturated rings. The molecule has 1 aliphatic rings. The second kappa shape index (κ2) is 12.7. The van der Waals surface area contributed by atoms with Crippen LogP contribution in [0, 0.1) is 12.3 Å². The first kappa shape index (κ1) is 26.1. The molecular formula is C21H35IN6O2. The van der Waals surface area contributed by atoms with Gasteiger partial charge >= 0.3 is 0 Å². The number of hydrogen-bond acceptors (Lipinski definition) is 4. The van der Waals surface area contributed by atoms with Crippen molar-refractivity contribution >= 4 is 47.6 Å². The van der Waals surface area contributed by atoms with Crippen LogP contribution in [0.5, 0.6) is 0 Å². The maximum atomic E-state index is 12.7. The van der Waals surface area contributed by atoms with Gasteiger partial charge in [-0.15, -0.1) is 24.0 Å². The molecule has 0 radical (unpaired) electrons. The van der Waals surface area contributed by atoms with E-state index in [1.807, 2.05) is 26.0 Å². The van der Waals surface area contributed by atoms with Crippen LogP contribution >= 0.6 is 24.0 Å². The molecule has 0 spiro atoms. The number of aromatic nitrogens is 1. The van der Waals surface area contributed by atoms with Gasteiger partial charge in [0, 0.05) is 39.3 Å². The molecule has 1 heterocycles. The number of amides is 2. The Bertz CT molecular complexity index is 732. The lowest BCUT2D eigenvalue weighted by atomic mass is 9.85. The topological polar surface area (TPSA) is 98.7 Å². The quantitative estimate of drug-likeness (QED) is 0.273. The number of guanidine groups is 1. The lowest BCUT2D eigenvalue weighted by Gasteiger charge is -2.29. The third-order valence-corrected chi connectivity index (χ3v) is 5.10. The van der Waals surface area contributed by atoms with Crippen LogP contribution in [-0.2, 0) is 9.59 Å². The first-order valence-electron chi connectivity index (χ1n) is 10.3. The summed E-state index contributed by atoms with van der Waals surface area (Å²) in [6.45, 7) is 5.48. The van der Waals surface area contributed by atoms with Crippen LogP contribution in [-0.4, -0.2) is 61.4 Å². The monoisotopic (exact) mass is 530 g/mol. The van der Waals surface area contributed by atoms with Crippen molar-refractivity contribution in [3.63, 3.8) is 0 Å². The maximum absolute atomic E-state index is 12.7. The Labute approximate surface area is 196 Å². The Morgan fingerprint density at radius 2 is 1.90 bits per heavy atom. The third kappa shape index (κ3) is 7.73. The van der Waals surface area contributed by atoms with Crippen LogP contribution in [0.4, 0.5) is 5.82 Å². The maximum Gasteiger partial charge on any atom is 0.230 e. The SMILES string of the molecule is CCNC(=NCC1(C(=O)N(C)C)CCCC1)NCCC(=O)Nc1cccc(C)n1.I. The standard InChI is InChI=1S/C21H34N6O2.HI/c1-5-22-20(24-15-21(12-6-7-13-21)19(29)27(3)4)23-14-11-18(28)26-17-10-8-9-16(2)25-17;/h8-10H,5-7,11-15H2,1-4H3,(H2,22,23,24)(H,25,26,28);1H. The fourth-order valence-electron chi connectivity index (χ4n) is 3.65. The highest BCUT2D eigenvalue weighted by Crippen LogP contribution is 2.39. The van der Waals surface area contributed by atoms with Crippen LogP contribution < -0.4 is 16.0 Å². The molecule has 168 valence electrons. The van der Waals surface area contributed by atoms with Crippen LogP contribution in [0.15, 0.2) is 23.2 Å². The van der Waals surface area contributed by atoms with Crippen molar-refractivity contribution in [2.24, 2.45) is 10.4 Å². The second-order valence-electron chi connectivity index (χ2n) is 7.77. The van der Waals surface area contributed by atoms with Crippen LogP contribution in [0.3, 0.4) is 0 Å². The molecule has 0 saturated heterocycles. The molecule has 0 aliphatic heterocycles. The predicted octanol–water partition coefficient (Wildman–Crippen LogP) is 2.54. The molecule has 1 aromatic heterocycles. The Morgan fingerprint density at radius 1 is 1.20 bits per heavy atom. The molecule has 2 rings (SSSR count). The summed E-state index contributed by atoms with van der Waals surface area (Å²) in [6.07, 6.45) is 4.16. The van der Waals surface area contributed by atoms with Gasteiger partial charge in [-0.1, -0.05) is 18.9 Å². The van der Waals surface area contributed by atoms with E-state index in [9.17, 15) is 9.59 Å². The minimum Gasteiger partial charge on any atom is -0.357 e. The largest absolute Gasteiger partial charge is 0.357 e. The molecule has 1 saturated carbocycles. The number of halogens is 1. The van der Waals surface area contributed by atoms with E-state index in [0.717, 1.165) is 31.4 Å². The molecule has 0 unspecified atom stereocenters. The van der Waals surface area contributed by atoms with E-state index >= 15 is 0 Å². The molecule has 8 nitrogen and oxygen atoms in total. The molecule has 2 amide bonds. The van der Waals surface area contributed by atoms with Crippen molar-refractivity contribution in [1.29, 1.82) is 0 Å². The lowest BCUT2D eigenvalue weighted by molar-refractivity contribution is -0.138. The number of rotatable bonds is 8. The molecule has 0 aromatic carbocycles. The number of nitrogens with one attached hydrogen (secondary N) is 3. The number of hydrogen-bond donors (Lipinski definition) is 3. The van der Waals surface area contributed by atoms with Gasteiger partial charge in [0.1, 0.15) is 5.82 Å². The number of carbonyl (C=O) groups is 2. The summed E-state index contributed by atoms with van der Waals surface area (Å²) in [4.78, 5) is 35.5. The number of nitrogens with zero attached hydrogens (tertiary/aromatic N) is 3. The van der Waals surface area contributed by atoms with Gasteiger partial charge in [-0.25, -0.2) is 4.98 Å². The molecule has 30 heavy (non-hydrogen) atoms. The molecule has 1 aliphatic carbocycles. The minimum absolute atomic E-state index is 0. The van der Waals surface area contributed by atoms with Gasteiger partial charge < -0.3 is 20.9 Å². The Morgan fingerprint density at radius 3 is 2.50 bits per heavy atom. The summed E-state index contributed by atoms with van der Waals surface area (Å²) in [5, 5.41) is 9.18. The average molecular weight is 530 g/mol. The molecule has 1 aromatic rings. The number of aliphatic imine (C=N–C) groups is 1. The van der Waals surface area contributed by atoms with E-state index in [4.69, 9.17) is 0 Å². The van der Waals surface area contributed by atoms with Gasteiger partial charge in [0.05, 0.1) is 12.0 Å². The summed E-state index contributed by atoms with van der Waals surface area (Å²) in [5.74, 6) is 1.23. The van der Waals surface area contributed by atoms with Crippen LogP contribution in [0.2, 0.25) is 0 Å². The van der Waals surface area contributed by atoms with Crippen molar-refractivity contribution in [1.82, 2.24) is 20.5 Å². The minimum atomic E-state index is -0.403. The normalized spacial score (nSPS) is 15.1. The van der Waals surface area contributed by atoms with Crippen molar-refractivity contribution in [2.75, 3.05) is 39.0 Å². The highest BCUT2D eigenvalue weighted by atomic mass is 127. The summed E-state index contributed by atoms with van der Waals surface area (Å²) in [6, 6.07) is 5.52. The Hall–Kier alpha value is -1.91. The highest BCUT2D eigenvalue weighted by molar-refractivity contribution is 14.0. The number of carbonyl (C=O) groups excluding carboxylic acids is 2. The van der Waals surface area contributed by atoms with Crippen molar-refractivity contribution in [3.05, 3.63) is 23.9 Å². The zero-order valence-corrected chi connectivity index (χ0v) is 20.8. The van der Waals surface area contributed by atoms with E-state index in [2.05, 4.69) is 25.9 Å². The van der Waals surface area contributed by atoms with Gasteiger partial charge in [-0.3, -0.25) is 14.6 Å². The van der Waals surface area contributed by atoms with E-state index in [1.165, 1.54) is 0 Å². The van der Waals surface area contributed by atoms with Gasteiger partial charge in [0.25, 0.3) is 0 Å². The number of pyridine rings is 1. The predicted molar refractivity (Wildman–Crippen MR) is 131 cm³/mol. The fraction of sp³-hybridized carbons (Fsp3) is 0.619. The summed E-state index contributed by atoms with van der Waals surface area (Å²) in [5.41, 5.74) is 0.454. The van der Waals surface area contributed by atoms with E-state index in [1.54, 1.807) is 25.1 Å². The second-order valence-corrected chi connectivity index (χ2v) is 7.77. The van der Waals surface area contributed by atoms with Gasteiger partial charge in [0.2, 0.25) is 11.8 Å². The summed E-state index contributed by atoms with van der Waals surface area (Å²) in [7, 11) is 3.61. The highest BCUT2D eigenvalue weighted by Gasteiger charge is 2.42. The van der Waals surface area contributed by atoms with Crippen molar-refractivity contribution in [3.8, 4) is 0 Å². The average Bonchev–Trinajstić information content (AvgIpc) is 3.15. The van der Waals surface area contributed by atoms with Crippen molar-refractivity contribution in [2.45, 2.75) is 46.0 Å². The first-order chi connectivity index (χ1) is 13.9. The molecule has 0 bridgehead atoms. The van der Waals surface area contributed by atoms with E-state index in [-0.39, 0.29) is 35.8 Å². The zero-order valence-electron chi connectivity index (χ0n) is 18.5. The summed E-state index contributed by atoms with van der Waals surface area (Å²) < 4.78 is 0. The van der Waals surface area contributed by atoms with Gasteiger partial charge in [-0.05, 0) is 38.8 Å². The fourth-order valence-corrected chi connectivity index (χ4v) is 3.65. The molecular weight excluding hydrogens is 495 g/mol. The van der Waals surface area contributed by atoms with Crippen molar-refractivity contribution < 1.29 is 9.59 Å². The Balaban J connectivity index is 0.00000450. The smallest absolute Gasteiger partial charge is 0.230 e. The Kier molecular flexibility index (Phi) is 11.1. The van der Waals surface area contributed by atoms with E-state index < -0.39 is 5.41 Å². The van der Waals surface area contributed by atoms with Gasteiger partial charge in [-0.2, -0.15) is 0 Å². The summed E-state index contributed by atoms with van der Waals surface area (Å²) >= 11 is 0. The lowest BCUT2D eigenvalue weighted by Crippen LogP contribution is -2.43. The van der Waals surface area contributed by atoms with E-state index in [0.29, 0.717) is 37.8 Å². The molecule has 3 N–H and O–H groups in total. The number of aryl methyl sites for hydroxylation is 1. The van der Waals surface area contributed by atoms with Gasteiger partial charge in [0.15, 0.2) is 5.96 Å². The number of anilines is 1. The van der Waals surface area contributed by atoms with Crippen LogP contribution in [0.1, 0.15) is 44.7 Å².